The molecule has 1 heterocycles. The molecule has 0 aliphatic carbocycles. The average Bonchev–Trinajstić information content (AvgIpc) is 3.65. The van der Waals surface area contributed by atoms with Crippen molar-refractivity contribution in [2.45, 2.75) is 0 Å². The van der Waals surface area contributed by atoms with E-state index in [2.05, 4.69) is 217 Å². The Hall–Kier alpha value is -6.74. The molecular weight excluding hydrogens is 671 g/mol. The van der Waals surface area contributed by atoms with Gasteiger partial charge < -0.3 is 4.90 Å². The van der Waals surface area contributed by atoms with Crippen molar-refractivity contribution in [3.05, 3.63) is 212 Å². The Kier molecular flexibility index (Phi) is 8.09. The molecule has 10 rings (SSSR count). The van der Waals surface area contributed by atoms with Gasteiger partial charge >= 0.3 is 0 Å². The van der Waals surface area contributed by atoms with Gasteiger partial charge in [0.05, 0.1) is 10.4 Å². The quantitative estimate of drug-likeness (QED) is 0.160. The van der Waals surface area contributed by atoms with Gasteiger partial charge in [-0.15, -0.1) is 11.3 Å². The maximum absolute atomic E-state index is 2.44. The fourth-order valence-corrected chi connectivity index (χ4v) is 9.19. The van der Waals surface area contributed by atoms with E-state index in [1.807, 2.05) is 11.3 Å². The molecular formula is C52H35NS. The van der Waals surface area contributed by atoms with Crippen LogP contribution in [0.3, 0.4) is 0 Å². The molecule has 10 aromatic rings. The topological polar surface area (TPSA) is 3.24 Å². The number of nitrogens with zero attached hydrogens (tertiary/aromatic N) is 1. The van der Waals surface area contributed by atoms with Crippen molar-refractivity contribution < 1.29 is 0 Å². The largest absolute Gasteiger partial charge is 0.309 e. The molecule has 0 aliphatic rings. The first kappa shape index (κ1) is 32.0. The van der Waals surface area contributed by atoms with Crippen LogP contribution in [-0.2, 0) is 0 Å². The van der Waals surface area contributed by atoms with Crippen LogP contribution in [0.4, 0.5) is 17.1 Å². The molecule has 54 heavy (non-hydrogen) atoms. The molecule has 0 fully saturated rings. The highest BCUT2D eigenvalue weighted by Crippen LogP contribution is 2.50. The van der Waals surface area contributed by atoms with Crippen molar-refractivity contribution in [2.24, 2.45) is 0 Å². The summed E-state index contributed by atoms with van der Waals surface area (Å²) in [5, 5.41) is 5.07. The van der Waals surface area contributed by atoms with E-state index in [9.17, 15) is 0 Å². The third-order valence-electron chi connectivity index (χ3n) is 10.5. The summed E-state index contributed by atoms with van der Waals surface area (Å²) in [6, 6.07) is 77.0. The van der Waals surface area contributed by atoms with Gasteiger partial charge in [0.25, 0.3) is 0 Å². The van der Waals surface area contributed by atoms with E-state index in [-0.39, 0.29) is 0 Å². The molecule has 0 unspecified atom stereocenters. The second-order valence-corrected chi connectivity index (χ2v) is 14.7. The molecule has 0 atom stereocenters. The zero-order valence-corrected chi connectivity index (χ0v) is 30.4. The van der Waals surface area contributed by atoms with Crippen LogP contribution in [0.1, 0.15) is 0 Å². The van der Waals surface area contributed by atoms with E-state index in [1.165, 1.54) is 75.5 Å². The van der Waals surface area contributed by atoms with Crippen LogP contribution in [0.15, 0.2) is 212 Å². The van der Waals surface area contributed by atoms with Crippen LogP contribution in [0.25, 0.3) is 75.5 Å². The lowest BCUT2D eigenvalue weighted by atomic mass is 9.95. The van der Waals surface area contributed by atoms with Gasteiger partial charge in [-0.25, -0.2) is 0 Å². The van der Waals surface area contributed by atoms with Gasteiger partial charge in [0.2, 0.25) is 0 Å². The number of hydrogen-bond acceptors (Lipinski definition) is 2. The van der Waals surface area contributed by atoms with Crippen molar-refractivity contribution in [3.63, 3.8) is 0 Å². The van der Waals surface area contributed by atoms with Crippen LogP contribution in [-0.4, -0.2) is 0 Å². The first-order valence-corrected chi connectivity index (χ1v) is 19.2. The molecule has 254 valence electrons. The summed E-state index contributed by atoms with van der Waals surface area (Å²) in [5.74, 6) is 0. The van der Waals surface area contributed by atoms with Gasteiger partial charge in [-0.1, -0.05) is 176 Å². The second kappa shape index (κ2) is 13.7. The highest BCUT2D eigenvalue weighted by molar-refractivity contribution is 7.27. The van der Waals surface area contributed by atoms with Gasteiger partial charge in [0.1, 0.15) is 0 Å². The van der Waals surface area contributed by atoms with Crippen LogP contribution in [0, 0.1) is 0 Å². The Balaban J connectivity index is 1.20. The molecule has 2 heteroatoms. The van der Waals surface area contributed by atoms with Gasteiger partial charge in [0, 0.05) is 26.8 Å². The summed E-state index contributed by atoms with van der Waals surface area (Å²) >= 11 is 1.90. The molecule has 0 saturated carbocycles. The van der Waals surface area contributed by atoms with Gasteiger partial charge in [-0.05, 0) is 91.7 Å². The molecule has 1 nitrogen and oxygen atoms in total. The van der Waals surface area contributed by atoms with Crippen LogP contribution >= 0.6 is 11.3 Å². The third-order valence-corrected chi connectivity index (χ3v) is 11.7. The summed E-state index contributed by atoms with van der Waals surface area (Å²) in [5.41, 5.74) is 13.2. The minimum atomic E-state index is 1.11. The molecule has 0 aliphatic heterocycles. The Labute approximate surface area is 319 Å². The number of thiophene rings is 1. The SMILES string of the molecule is c1ccc(-c2cccc(N(c3ccc(-c4ccc5ccccc5c4)cc3)c3cccc4c3sc3c(-c5ccccc5)ccc(-c5ccccc5)c34)c2)cc1. The Morgan fingerprint density at radius 2 is 0.870 bits per heavy atom. The standard InChI is InChI=1S/C52H35NS/c1-4-14-36(15-5-1)42-22-12-23-45(35-42)53(44-30-28-38(29-31-44)43-27-26-37-16-10-11-21-41(37)34-43)49-25-13-24-48-50-46(39-17-6-2-7-18-39)32-33-47(52(50)54-51(48)49)40-19-8-3-9-20-40/h1-35H. The molecule has 0 N–H and O–H groups in total. The molecule has 0 radical (unpaired) electrons. The lowest BCUT2D eigenvalue weighted by Gasteiger charge is -2.27. The fourth-order valence-electron chi connectivity index (χ4n) is 7.82. The van der Waals surface area contributed by atoms with Crippen molar-refractivity contribution in [1.29, 1.82) is 0 Å². The predicted octanol–water partition coefficient (Wildman–Crippen LogP) is 15.3. The smallest absolute Gasteiger partial charge is 0.0640 e. The van der Waals surface area contributed by atoms with Crippen LogP contribution < -0.4 is 4.90 Å². The highest BCUT2D eigenvalue weighted by atomic mass is 32.1. The Bertz CT molecular complexity index is 2910. The van der Waals surface area contributed by atoms with E-state index in [4.69, 9.17) is 0 Å². The molecule has 9 aromatic carbocycles. The lowest BCUT2D eigenvalue weighted by Crippen LogP contribution is -2.10. The summed E-state index contributed by atoms with van der Waals surface area (Å²) in [6.45, 7) is 0. The summed E-state index contributed by atoms with van der Waals surface area (Å²) < 4.78 is 2.56. The maximum Gasteiger partial charge on any atom is 0.0640 e. The zero-order chi connectivity index (χ0) is 35.8. The molecule has 0 amide bonds. The molecule has 0 bridgehead atoms. The highest BCUT2D eigenvalue weighted by Gasteiger charge is 2.22. The second-order valence-electron chi connectivity index (χ2n) is 13.7. The Morgan fingerprint density at radius 3 is 1.61 bits per heavy atom. The van der Waals surface area contributed by atoms with Crippen molar-refractivity contribution >= 4 is 59.3 Å². The first-order valence-electron chi connectivity index (χ1n) is 18.4. The number of rotatable bonds is 7. The predicted molar refractivity (Wildman–Crippen MR) is 233 cm³/mol. The monoisotopic (exact) mass is 705 g/mol. The summed E-state index contributed by atoms with van der Waals surface area (Å²) in [4.78, 5) is 2.44. The van der Waals surface area contributed by atoms with Crippen molar-refractivity contribution in [1.82, 2.24) is 0 Å². The summed E-state index contributed by atoms with van der Waals surface area (Å²) in [6.07, 6.45) is 0. The number of hydrogen-bond donors (Lipinski definition) is 0. The minimum Gasteiger partial charge on any atom is -0.309 e. The fraction of sp³-hybridized carbons (Fsp3) is 0. The first-order chi connectivity index (χ1) is 26.8. The van der Waals surface area contributed by atoms with E-state index in [0.29, 0.717) is 0 Å². The molecule has 0 saturated heterocycles. The minimum absolute atomic E-state index is 1.11. The third kappa shape index (κ3) is 5.74. The Morgan fingerprint density at radius 1 is 0.315 bits per heavy atom. The molecule has 1 aromatic heterocycles. The van der Waals surface area contributed by atoms with E-state index in [1.54, 1.807) is 0 Å². The number of anilines is 3. The summed E-state index contributed by atoms with van der Waals surface area (Å²) in [7, 11) is 0. The van der Waals surface area contributed by atoms with Gasteiger partial charge in [-0.3, -0.25) is 0 Å². The van der Waals surface area contributed by atoms with Gasteiger partial charge in [-0.2, -0.15) is 0 Å². The molecule has 0 spiro atoms. The van der Waals surface area contributed by atoms with E-state index in [0.717, 1.165) is 17.1 Å². The maximum atomic E-state index is 2.44. The van der Waals surface area contributed by atoms with E-state index < -0.39 is 0 Å². The van der Waals surface area contributed by atoms with Crippen molar-refractivity contribution in [3.8, 4) is 44.5 Å². The average molecular weight is 706 g/mol. The van der Waals surface area contributed by atoms with Gasteiger partial charge in [0.15, 0.2) is 0 Å². The number of fused-ring (bicyclic) bond motifs is 4. The normalized spacial score (nSPS) is 11.3. The number of benzene rings is 9. The van der Waals surface area contributed by atoms with Crippen molar-refractivity contribution in [2.75, 3.05) is 4.90 Å². The lowest BCUT2D eigenvalue weighted by molar-refractivity contribution is 1.30. The van der Waals surface area contributed by atoms with Crippen LogP contribution in [0.2, 0.25) is 0 Å². The van der Waals surface area contributed by atoms with Crippen LogP contribution in [0.5, 0.6) is 0 Å². The van der Waals surface area contributed by atoms with E-state index >= 15 is 0 Å². The zero-order valence-electron chi connectivity index (χ0n) is 29.6.